The predicted octanol–water partition coefficient (Wildman–Crippen LogP) is 1.59. The van der Waals surface area contributed by atoms with Crippen molar-refractivity contribution in [3.05, 3.63) is 28.7 Å². The fourth-order valence-electron chi connectivity index (χ4n) is 2.69. The fourth-order valence-corrected chi connectivity index (χ4v) is 5.28. The van der Waals surface area contributed by atoms with Crippen LogP contribution in [0.4, 0.5) is 5.82 Å². The highest BCUT2D eigenvalue weighted by molar-refractivity contribution is 7.89. The molecule has 8 heteroatoms. The van der Waals surface area contributed by atoms with Crippen LogP contribution in [0.15, 0.2) is 28.2 Å². The summed E-state index contributed by atoms with van der Waals surface area (Å²) < 4.78 is 28.7. The highest BCUT2D eigenvalue weighted by Gasteiger charge is 2.38. The minimum Gasteiger partial charge on any atom is -0.381 e. The van der Waals surface area contributed by atoms with Gasteiger partial charge in [-0.1, -0.05) is 0 Å². The van der Waals surface area contributed by atoms with Gasteiger partial charge in [0.15, 0.2) is 10.8 Å². The summed E-state index contributed by atoms with van der Waals surface area (Å²) in [7, 11) is -1.97. The summed E-state index contributed by atoms with van der Waals surface area (Å²) >= 11 is 1.58. The van der Waals surface area contributed by atoms with E-state index in [1.165, 1.54) is 10.9 Å². The average Bonchev–Trinajstić information content (AvgIpc) is 3.08. The van der Waals surface area contributed by atoms with Gasteiger partial charge in [0.1, 0.15) is 0 Å². The third-order valence-electron chi connectivity index (χ3n) is 3.59. The topological polar surface area (TPSA) is 81.2 Å². The number of aromatic nitrogens is 2. The molecule has 20 heavy (non-hydrogen) atoms. The fraction of sp³-hybridized carbons (Fsp3) is 0.417. The number of nitrogens with zero attached hydrogens (tertiary/aromatic N) is 3. The van der Waals surface area contributed by atoms with Crippen LogP contribution in [0.3, 0.4) is 0 Å². The van der Waals surface area contributed by atoms with Crippen molar-refractivity contribution >= 4 is 27.2 Å². The quantitative estimate of drug-likeness (QED) is 0.933. The molecule has 3 rings (SSSR count). The van der Waals surface area contributed by atoms with Crippen LogP contribution in [0.2, 0.25) is 0 Å². The first kappa shape index (κ1) is 13.6. The summed E-state index contributed by atoms with van der Waals surface area (Å²) in [5, 5.41) is 4.06. The number of nitrogen functional groups attached to an aromatic ring is 1. The van der Waals surface area contributed by atoms with Gasteiger partial charge in [-0.25, -0.2) is 13.4 Å². The van der Waals surface area contributed by atoms with Crippen molar-refractivity contribution in [3.63, 3.8) is 0 Å². The molecule has 0 saturated carbocycles. The Kier molecular flexibility index (Phi) is 3.31. The van der Waals surface area contributed by atoms with E-state index >= 15 is 0 Å². The minimum absolute atomic E-state index is 0.0588. The van der Waals surface area contributed by atoms with Crippen LogP contribution in [0.25, 0.3) is 0 Å². The monoisotopic (exact) mass is 312 g/mol. The van der Waals surface area contributed by atoms with Crippen LogP contribution in [0.1, 0.15) is 24.4 Å². The van der Waals surface area contributed by atoms with E-state index in [2.05, 4.69) is 4.98 Å². The van der Waals surface area contributed by atoms with E-state index < -0.39 is 10.0 Å². The molecular weight excluding hydrogens is 296 g/mol. The smallest absolute Gasteiger partial charge is 0.263 e. The standard InChI is InChI=1S/C12H16N4O2S2/c1-15-8-14-11(13)12(15)20(17,18)16-5-2-3-10(16)9-4-6-19-7-9/h4,6-8,10H,2-3,5,13H2,1H3. The summed E-state index contributed by atoms with van der Waals surface area (Å²) in [5.41, 5.74) is 6.78. The second-order valence-corrected chi connectivity index (χ2v) is 7.46. The number of thiophene rings is 1. The Bertz CT molecular complexity index is 686. The summed E-state index contributed by atoms with van der Waals surface area (Å²) in [6, 6.07) is 1.89. The van der Waals surface area contributed by atoms with Crippen molar-refractivity contribution in [2.45, 2.75) is 23.9 Å². The van der Waals surface area contributed by atoms with E-state index in [1.807, 2.05) is 16.8 Å². The molecular formula is C12H16N4O2S2. The lowest BCUT2D eigenvalue weighted by Gasteiger charge is -2.23. The van der Waals surface area contributed by atoms with Crippen LogP contribution in [0, 0.1) is 0 Å². The number of nitrogens with two attached hydrogens (primary N) is 1. The first-order valence-electron chi connectivity index (χ1n) is 6.32. The maximum absolute atomic E-state index is 12.8. The average molecular weight is 312 g/mol. The highest BCUT2D eigenvalue weighted by Crippen LogP contribution is 2.38. The normalized spacial score (nSPS) is 20.6. The van der Waals surface area contributed by atoms with E-state index in [9.17, 15) is 8.42 Å². The van der Waals surface area contributed by atoms with Crippen LogP contribution in [0.5, 0.6) is 0 Å². The van der Waals surface area contributed by atoms with Crippen molar-refractivity contribution in [1.82, 2.24) is 13.9 Å². The van der Waals surface area contributed by atoms with Crippen LogP contribution < -0.4 is 5.73 Å². The molecule has 0 bridgehead atoms. The maximum atomic E-state index is 12.8. The van der Waals surface area contributed by atoms with Gasteiger partial charge in [-0.15, -0.1) is 0 Å². The Labute approximate surface area is 121 Å². The van der Waals surface area contributed by atoms with Gasteiger partial charge in [0.25, 0.3) is 10.0 Å². The molecule has 6 nitrogen and oxygen atoms in total. The number of rotatable bonds is 3. The first-order valence-corrected chi connectivity index (χ1v) is 8.71. The molecule has 0 spiro atoms. The molecule has 1 unspecified atom stereocenters. The van der Waals surface area contributed by atoms with Gasteiger partial charge in [0, 0.05) is 13.6 Å². The zero-order valence-electron chi connectivity index (χ0n) is 11.1. The molecule has 2 aromatic rings. The van der Waals surface area contributed by atoms with Crippen LogP contribution in [-0.2, 0) is 17.1 Å². The van der Waals surface area contributed by atoms with Gasteiger partial charge in [0.05, 0.1) is 12.4 Å². The van der Waals surface area contributed by atoms with E-state index in [1.54, 1.807) is 22.7 Å². The van der Waals surface area contributed by atoms with E-state index in [4.69, 9.17) is 5.73 Å². The van der Waals surface area contributed by atoms with Gasteiger partial charge in [-0.3, -0.25) is 0 Å². The van der Waals surface area contributed by atoms with E-state index in [0.29, 0.717) is 6.54 Å². The molecule has 1 fully saturated rings. The van der Waals surface area contributed by atoms with Crippen LogP contribution in [-0.4, -0.2) is 28.8 Å². The molecule has 108 valence electrons. The molecule has 0 radical (unpaired) electrons. The summed E-state index contributed by atoms with van der Waals surface area (Å²) in [6.07, 6.45) is 3.13. The van der Waals surface area contributed by atoms with Gasteiger partial charge in [-0.2, -0.15) is 15.6 Å². The Morgan fingerprint density at radius 3 is 2.90 bits per heavy atom. The Hall–Kier alpha value is -1.38. The van der Waals surface area contributed by atoms with Gasteiger partial charge in [0.2, 0.25) is 0 Å². The molecule has 2 aromatic heterocycles. The molecule has 0 aromatic carbocycles. The predicted molar refractivity (Wildman–Crippen MR) is 77.8 cm³/mol. The van der Waals surface area contributed by atoms with E-state index in [0.717, 1.165) is 18.4 Å². The Morgan fingerprint density at radius 2 is 2.30 bits per heavy atom. The minimum atomic E-state index is -3.62. The van der Waals surface area contributed by atoms with Crippen molar-refractivity contribution in [1.29, 1.82) is 0 Å². The number of hydrogen-bond acceptors (Lipinski definition) is 5. The molecule has 1 saturated heterocycles. The first-order chi connectivity index (χ1) is 9.51. The van der Waals surface area contributed by atoms with Gasteiger partial charge in [-0.05, 0) is 35.2 Å². The lowest BCUT2D eigenvalue weighted by molar-refractivity contribution is 0.394. The Morgan fingerprint density at radius 1 is 1.50 bits per heavy atom. The SMILES string of the molecule is Cn1cnc(N)c1S(=O)(=O)N1CCCC1c1ccsc1. The zero-order chi connectivity index (χ0) is 14.3. The van der Waals surface area contributed by atoms with Crippen molar-refractivity contribution in [2.75, 3.05) is 12.3 Å². The molecule has 1 aliphatic rings. The third-order valence-corrected chi connectivity index (χ3v) is 6.34. The largest absolute Gasteiger partial charge is 0.381 e. The number of sulfonamides is 1. The molecule has 1 atom stereocenters. The summed E-state index contributed by atoms with van der Waals surface area (Å²) in [5.74, 6) is 0.0588. The molecule has 3 heterocycles. The molecule has 2 N–H and O–H groups in total. The lowest BCUT2D eigenvalue weighted by Crippen LogP contribution is -2.32. The molecule has 1 aliphatic heterocycles. The zero-order valence-corrected chi connectivity index (χ0v) is 12.7. The van der Waals surface area contributed by atoms with Crippen molar-refractivity contribution < 1.29 is 8.42 Å². The highest BCUT2D eigenvalue weighted by atomic mass is 32.2. The number of aryl methyl sites for hydroxylation is 1. The van der Waals surface area contributed by atoms with Crippen LogP contribution >= 0.6 is 11.3 Å². The summed E-state index contributed by atoms with van der Waals surface area (Å²) in [4.78, 5) is 3.88. The van der Waals surface area contributed by atoms with Gasteiger partial charge >= 0.3 is 0 Å². The lowest BCUT2D eigenvalue weighted by atomic mass is 10.1. The van der Waals surface area contributed by atoms with Crippen molar-refractivity contribution in [3.8, 4) is 0 Å². The molecule has 0 aliphatic carbocycles. The summed E-state index contributed by atoms with van der Waals surface area (Å²) in [6.45, 7) is 0.521. The van der Waals surface area contributed by atoms with Crippen molar-refractivity contribution in [2.24, 2.45) is 7.05 Å². The van der Waals surface area contributed by atoms with Gasteiger partial charge < -0.3 is 10.3 Å². The Balaban J connectivity index is 2.03. The number of hydrogen-bond donors (Lipinski definition) is 1. The van der Waals surface area contributed by atoms with E-state index in [-0.39, 0.29) is 16.9 Å². The second kappa shape index (κ2) is 4.87. The maximum Gasteiger partial charge on any atom is 0.263 e. The molecule has 0 amide bonds. The number of anilines is 1. The number of imidazole rings is 1. The second-order valence-electron chi connectivity index (χ2n) is 4.88. The third kappa shape index (κ3) is 2.04.